The van der Waals surface area contributed by atoms with Crippen molar-refractivity contribution in [2.75, 3.05) is 0 Å². The quantitative estimate of drug-likeness (QED) is 0.152. The van der Waals surface area contributed by atoms with Crippen molar-refractivity contribution in [2.24, 2.45) is 0 Å². The van der Waals surface area contributed by atoms with Crippen molar-refractivity contribution in [1.82, 2.24) is 33.2 Å². The molecule has 12 aromatic carbocycles. The van der Waals surface area contributed by atoms with E-state index in [9.17, 15) is 5.26 Å². The highest BCUT2D eigenvalue weighted by molar-refractivity contribution is 6.17. The van der Waals surface area contributed by atoms with Crippen LogP contribution in [0.25, 0.3) is 155 Å². The number of nitriles is 1. The largest absolute Gasteiger partial charge is 0.309 e. The molecule has 5 heterocycles. The van der Waals surface area contributed by atoms with Gasteiger partial charge in [-0.3, -0.25) is 0 Å². The molecule has 17 rings (SSSR count). The van der Waals surface area contributed by atoms with E-state index in [2.05, 4.69) is 341 Å². The first kappa shape index (κ1) is 65.6. The van der Waals surface area contributed by atoms with Crippen LogP contribution in [0.4, 0.5) is 0 Å². The molecule has 0 bridgehead atoms. The highest BCUT2D eigenvalue weighted by Gasteiger charge is 2.37. The smallest absolute Gasteiger partial charge is 0.168 e. The first-order valence-corrected chi connectivity index (χ1v) is 36.6. The minimum atomic E-state index is -0.177. The van der Waals surface area contributed by atoms with Gasteiger partial charge in [0.1, 0.15) is 6.07 Å². The molecule has 0 unspecified atom stereocenters. The summed E-state index contributed by atoms with van der Waals surface area (Å²) in [5, 5.41) is 22.4. The molecule has 8 heteroatoms. The van der Waals surface area contributed by atoms with Crippen molar-refractivity contribution in [1.29, 1.82) is 5.26 Å². The van der Waals surface area contributed by atoms with Gasteiger partial charge in [0.05, 0.1) is 72.3 Å². The van der Waals surface area contributed by atoms with E-state index in [0.717, 1.165) is 116 Å². The molecule has 0 aliphatic rings. The van der Waals surface area contributed by atoms with Crippen molar-refractivity contribution < 1.29 is 0 Å². The van der Waals surface area contributed by atoms with Crippen LogP contribution in [0.15, 0.2) is 249 Å². The van der Waals surface area contributed by atoms with Gasteiger partial charge in [-0.15, -0.1) is 0 Å². The van der Waals surface area contributed by atoms with Crippen LogP contribution in [-0.4, -0.2) is 33.2 Å². The average Bonchev–Trinajstić information content (AvgIpc) is 1.45. The predicted octanol–water partition coefficient (Wildman–Crippen LogP) is 25.3. The Morgan fingerprint density at radius 1 is 0.250 bits per heavy atom. The van der Waals surface area contributed by atoms with Crippen LogP contribution in [0.5, 0.6) is 0 Å². The van der Waals surface area contributed by atoms with Crippen LogP contribution >= 0.6 is 0 Å². The fourth-order valence-electron chi connectivity index (χ4n) is 15.9. The Hall–Kier alpha value is -11.7. The number of fused-ring (bicyclic) bond motifs is 12. The van der Waals surface area contributed by atoms with Gasteiger partial charge in [-0.05, 0) is 151 Å². The standard InChI is InChI=1S/C96H86N8/c1-92(2,3)61-42-49-81-70(52-61)67-32-22-25-35-76(67)102(81)86-75(57-97)84(58-38-45-66(46-39-58)101-79-47-40-64(95(10,11)12)55-73(79)74-56-65(96(13,14)15)41-48-80(74)101)87(103-77-36-26-23-33-68(77)71-53-62(93(4,5)6)43-50-82(71)103)88(104-78-37-27-24-34-69(78)72-54-63(94(7,8)9)44-51-83(72)104)85(86)91-99-89(59-28-18-16-19-29-59)98-90(100-91)60-30-20-17-21-31-60/h16-56H,1-15H3. The van der Waals surface area contributed by atoms with Crippen LogP contribution in [0, 0.1) is 11.3 Å². The zero-order valence-corrected chi connectivity index (χ0v) is 62.2. The minimum absolute atomic E-state index is 0.0678. The third-order valence-electron chi connectivity index (χ3n) is 21.7. The predicted molar refractivity (Wildman–Crippen MR) is 437 cm³/mol. The maximum atomic E-state index is 13.4. The van der Waals surface area contributed by atoms with E-state index < -0.39 is 0 Å². The number of para-hydroxylation sites is 3. The fraction of sp³-hybridized carbons (Fsp3) is 0.208. The lowest BCUT2D eigenvalue weighted by Gasteiger charge is -2.28. The van der Waals surface area contributed by atoms with Gasteiger partial charge in [0, 0.05) is 65.5 Å². The van der Waals surface area contributed by atoms with Gasteiger partial charge >= 0.3 is 0 Å². The Balaban J connectivity index is 1.13. The van der Waals surface area contributed by atoms with E-state index in [0.29, 0.717) is 34.3 Å². The summed E-state index contributed by atoms with van der Waals surface area (Å²) in [5.74, 6) is 1.41. The van der Waals surface area contributed by atoms with Gasteiger partial charge in [-0.2, -0.15) is 5.26 Å². The molecule has 0 aliphatic heterocycles. The summed E-state index contributed by atoms with van der Waals surface area (Å²) >= 11 is 0. The Kier molecular flexibility index (Phi) is 15.0. The number of rotatable bonds is 8. The maximum absolute atomic E-state index is 13.4. The second kappa shape index (κ2) is 23.7. The van der Waals surface area contributed by atoms with Gasteiger partial charge in [0.25, 0.3) is 0 Å². The first-order valence-electron chi connectivity index (χ1n) is 36.6. The zero-order chi connectivity index (χ0) is 72.3. The Morgan fingerprint density at radius 3 is 0.865 bits per heavy atom. The normalized spacial score (nSPS) is 12.8. The van der Waals surface area contributed by atoms with Gasteiger partial charge in [0.2, 0.25) is 0 Å². The molecule has 0 spiro atoms. The molecule has 8 nitrogen and oxygen atoms in total. The molecule has 0 saturated carbocycles. The molecule has 0 N–H and O–H groups in total. The van der Waals surface area contributed by atoms with Crippen LogP contribution in [0.2, 0.25) is 0 Å². The summed E-state index contributed by atoms with van der Waals surface area (Å²) in [7, 11) is 0. The minimum Gasteiger partial charge on any atom is -0.309 e. The van der Waals surface area contributed by atoms with E-state index >= 15 is 0 Å². The highest BCUT2D eigenvalue weighted by atomic mass is 15.1. The summed E-state index contributed by atoms with van der Waals surface area (Å²) in [6.07, 6.45) is 0. The first-order chi connectivity index (χ1) is 49.7. The summed E-state index contributed by atoms with van der Waals surface area (Å²) in [6.45, 7) is 34.3. The molecule has 17 aromatic rings. The van der Waals surface area contributed by atoms with E-state index in [1.165, 1.54) is 38.6 Å². The molecule has 0 aliphatic carbocycles. The monoisotopic (exact) mass is 1350 g/mol. The number of hydrogen-bond donors (Lipinski definition) is 0. The van der Waals surface area contributed by atoms with E-state index in [1.54, 1.807) is 0 Å². The maximum Gasteiger partial charge on any atom is 0.168 e. The average molecular weight is 1350 g/mol. The molecular weight excluding hydrogens is 1270 g/mol. The second-order valence-corrected chi connectivity index (χ2v) is 33.7. The van der Waals surface area contributed by atoms with Crippen molar-refractivity contribution in [3.05, 3.63) is 282 Å². The van der Waals surface area contributed by atoms with Crippen LogP contribution in [0.3, 0.4) is 0 Å². The van der Waals surface area contributed by atoms with Gasteiger partial charge in [0.15, 0.2) is 17.5 Å². The zero-order valence-electron chi connectivity index (χ0n) is 62.2. The fourth-order valence-corrected chi connectivity index (χ4v) is 15.9. The Morgan fingerprint density at radius 2 is 0.529 bits per heavy atom. The van der Waals surface area contributed by atoms with Crippen LogP contribution in [0.1, 0.15) is 137 Å². The molecule has 0 atom stereocenters. The molecule has 510 valence electrons. The van der Waals surface area contributed by atoms with Crippen molar-refractivity contribution in [3.8, 4) is 74.1 Å². The molecule has 104 heavy (non-hydrogen) atoms. The van der Waals surface area contributed by atoms with Crippen molar-refractivity contribution >= 4 is 87.2 Å². The molecule has 0 amide bonds. The topological polar surface area (TPSA) is 82.2 Å². The van der Waals surface area contributed by atoms with Gasteiger partial charge < -0.3 is 18.3 Å². The number of hydrogen-bond acceptors (Lipinski definition) is 4. The molecule has 0 fully saturated rings. The summed E-state index contributed by atoms with van der Waals surface area (Å²) in [4.78, 5) is 17.2. The Bertz CT molecular complexity index is 6280. The lowest BCUT2D eigenvalue weighted by Crippen LogP contribution is -2.15. The van der Waals surface area contributed by atoms with E-state index in [-0.39, 0.29) is 27.1 Å². The van der Waals surface area contributed by atoms with Gasteiger partial charge in [-0.1, -0.05) is 262 Å². The van der Waals surface area contributed by atoms with E-state index in [1.807, 2.05) is 36.4 Å². The molecular formula is C96H86N8. The third-order valence-corrected chi connectivity index (χ3v) is 21.7. The third kappa shape index (κ3) is 10.6. The number of nitrogens with zero attached hydrogens (tertiary/aromatic N) is 8. The molecule has 0 radical (unpaired) electrons. The highest BCUT2D eigenvalue weighted by Crippen LogP contribution is 2.53. The molecule has 0 saturated heterocycles. The Labute approximate surface area is 609 Å². The molecule has 5 aromatic heterocycles. The second-order valence-electron chi connectivity index (χ2n) is 33.7. The summed E-state index contributed by atoms with van der Waals surface area (Å²) < 4.78 is 9.76. The van der Waals surface area contributed by atoms with Crippen LogP contribution in [-0.2, 0) is 27.1 Å². The van der Waals surface area contributed by atoms with Crippen LogP contribution < -0.4 is 0 Å². The summed E-state index contributed by atoms with van der Waals surface area (Å²) in [6, 6.07) is 94.1. The lowest BCUT2D eigenvalue weighted by atomic mass is 9.85. The number of aromatic nitrogens is 7. The van der Waals surface area contributed by atoms with E-state index in [4.69, 9.17) is 15.0 Å². The summed E-state index contributed by atoms with van der Waals surface area (Å²) in [5.41, 5.74) is 21.2. The van der Waals surface area contributed by atoms with Crippen molar-refractivity contribution in [2.45, 2.75) is 131 Å². The van der Waals surface area contributed by atoms with Crippen molar-refractivity contribution in [3.63, 3.8) is 0 Å². The van der Waals surface area contributed by atoms with Gasteiger partial charge in [-0.25, -0.2) is 15.0 Å². The number of benzene rings is 12. The lowest BCUT2D eigenvalue weighted by molar-refractivity contribution is 0.590. The SMILES string of the molecule is CC(C)(C)c1ccc2c(c1)c1cc(C(C)(C)C)ccc1n2-c1ccc(-c2c(C#N)c(-n3c4ccccc4c4cc(C(C)(C)C)ccc43)c(-c3nc(-c4ccccc4)nc(-c4ccccc4)n3)c(-n3c4ccccc4c4cc(C(C)(C)C)ccc43)c2-n2c3ccccc3c3cc(C(C)(C)C)ccc32)cc1.